The summed E-state index contributed by atoms with van der Waals surface area (Å²) in [7, 11) is 1.66. The summed E-state index contributed by atoms with van der Waals surface area (Å²) in [5.41, 5.74) is 1.06. The molecule has 3 aromatic rings. The molecule has 0 unspecified atom stereocenters. The average Bonchev–Trinajstić information content (AvgIpc) is 3.05. The highest BCUT2D eigenvalue weighted by Crippen LogP contribution is 2.30. The lowest BCUT2D eigenvalue weighted by Gasteiger charge is -2.39. The van der Waals surface area contributed by atoms with Gasteiger partial charge in [0.05, 0.1) is 6.04 Å². The highest BCUT2D eigenvalue weighted by Gasteiger charge is 2.38. The van der Waals surface area contributed by atoms with Gasteiger partial charge in [-0.25, -0.2) is 4.39 Å². The van der Waals surface area contributed by atoms with Crippen molar-refractivity contribution in [1.82, 2.24) is 4.90 Å². The molecule has 1 N–H and O–H groups in total. The van der Waals surface area contributed by atoms with Crippen molar-refractivity contribution < 1.29 is 23.4 Å². The molecule has 4 rings (SSSR count). The van der Waals surface area contributed by atoms with Crippen molar-refractivity contribution in [2.24, 2.45) is 0 Å². The number of halogens is 1. The largest absolute Gasteiger partial charge is 0.488 e. The summed E-state index contributed by atoms with van der Waals surface area (Å²) in [4.78, 5) is 14.6. The number of hydrogen-bond acceptors (Lipinski definition) is 4. The third-order valence-electron chi connectivity index (χ3n) is 5.70. The number of aliphatic hydroxyl groups excluding tert-OH is 1. The van der Waals surface area contributed by atoms with Crippen LogP contribution in [0.5, 0.6) is 5.75 Å². The first-order valence-corrected chi connectivity index (χ1v) is 9.81. The fraction of sp³-hybridized carbons (Fsp3) is 0.348. The van der Waals surface area contributed by atoms with E-state index < -0.39 is 18.2 Å². The number of nitrogens with zero attached hydrogens (tertiary/aromatic N) is 1. The summed E-state index contributed by atoms with van der Waals surface area (Å²) in [6.07, 6.45) is 1.02. The van der Waals surface area contributed by atoms with Crippen molar-refractivity contribution in [3.05, 3.63) is 65.7 Å². The number of carbonyl (C=O) groups is 1. The highest BCUT2D eigenvalue weighted by atomic mass is 19.1. The summed E-state index contributed by atoms with van der Waals surface area (Å²) in [5.74, 6) is 0.161. The zero-order valence-electron chi connectivity index (χ0n) is 16.5. The SMILES string of the molecule is Cc1c(C(=O)N(C)[C@@H]2CCC[C@@H](Oc3ccccc3)[C@@H]2O)oc2ccc(F)cc12. The van der Waals surface area contributed by atoms with Crippen molar-refractivity contribution in [1.29, 1.82) is 0 Å². The van der Waals surface area contributed by atoms with Crippen molar-refractivity contribution in [2.45, 2.75) is 44.4 Å². The highest BCUT2D eigenvalue weighted by molar-refractivity contribution is 5.99. The molecule has 2 aromatic carbocycles. The molecule has 0 aliphatic heterocycles. The molecule has 1 aliphatic carbocycles. The van der Waals surface area contributed by atoms with Crippen molar-refractivity contribution in [3.63, 3.8) is 0 Å². The Morgan fingerprint density at radius 2 is 1.97 bits per heavy atom. The first-order valence-electron chi connectivity index (χ1n) is 9.81. The molecule has 1 heterocycles. The minimum Gasteiger partial charge on any atom is -0.488 e. The summed E-state index contributed by atoms with van der Waals surface area (Å²) >= 11 is 0. The first-order chi connectivity index (χ1) is 14.0. The van der Waals surface area contributed by atoms with E-state index in [0.717, 1.165) is 12.8 Å². The molecule has 0 bridgehead atoms. The smallest absolute Gasteiger partial charge is 0.289 e. The van der Waals surface area contributed by atoms with Crippen molar-refractivity contribution >= 4 is 16.9 Å². The van der Waals surface area contributed by atoms with E-state index in [1.54, 1.807) is 14.0 Å². The fourth-order valence-corrected chi connectivity index (χ4v) is 4.05. The maximum atomic E-state index is 13.6. The van der Waals surface area contributed by atoms with E-state index in [-0.39, 0.29) is 17.5 Å². The number of hydrogen-bond donors (Lipinski definition) is 1. The monoisotopic (exact) mass is 397 g/mol. The molecule has 5 nitrogen and oxygen atoms in total. The van der Waals surface area contributed by atoms with E-state index in [0.29, 0.717) is 28.7 Å². The molecule has 0 radical (unpaired) electrons. The molecular weight excluding hydrogens is 373 g/mol. The molecular formula is C23H24FNO4. The lowest BCUT2D eigenvalue weighted by molar-refractivity contribution is -0.0418. The zero-order valence-corrected chi connectivity index (χ0v) is 16.5. The number of fused-ring (bicyclic) bond motifs is 1. The molecule has 6 heteroatoms. The van der Waals surface area contributed by atoms with Crippen LogP contribution in [-0.2, 0) is 0 Å². The number of benzene rings is 2. The van der Waals surface area contributed by atoms with Gasteiger partial charge in [-0.3, -0.25) is 4.79 Å². The van der Waals surface area contributed by atoms with Gasteiger partial charge in [0.15, 0.2) is 5.76 Å². The maximum Gasteiger partial charge on any atom is 0.289 e. The number of para-hydroxylation sites is 1. The summed E-state index contributed by atoms with van der Waals surface area (Å²) in [6.45, 7) is 1.74. The second-order valence-electron chi connectivity index (χ2n) is 7.57. The standard InChI is InChI=1S/C23H24FNO4/c1-14-17-13-15(24)11-12-19(17)29-22(14)23(27)25(2)18-9-6-10-20(21(18)26)28-16-7-4-3-5-8-16/h3-5,7-8,11-13,18,20-21,26H,6,9-10H2,1-2H3/t18-,20-,21-/m1/s1. The van der Waals surface area contributed by atoms with Crippen LogP contribution in [0.3, 0.4) is 0 Å². The molecule has 152 valence electrons. The Kier molecular flexibility index (Phi) is 5.28. The van der Waals surface area contributed by atoms with Crippen LogP contribution in [0.4, 0.5) is 4.39 Å². The van der Waals surface area contributed by atoms with E-state index in [9.17, 15) is 14.3 Å². The van der Waals surface area contributed by atoms with Gasteiger partial charge >= 0.3 is 0 Å². The normalized spacial score (nSPS) is 21.9. The Labute approximate surface area is 168 Å². The number of furan rings is 1. The van der Waals surface area contributed by atoms with Crippen LogP contribution in [0.15, 0.2) is 52.9 Å². The number of amides is 1. The minimum absolute atomic E-state index is 0.173. The van der Waals surface area contributed by atoms with E-state index >= 15 is 0 Å². The summed E-state index contributed by atoms with van der Waals surface area (Å²) < 4.78 is 25.2. The third kappa shape index (κ3) is 3.72. The van der Waals surface area contributed by atoms with Crippen molar-refractivity contribution in [2.75, 3.05) is 7.05 Å². The topological polar surface area (TPSA) is 62.9 Å². The second-order valence-corrected chi connectivity index (χ2v) is 7.57. The molecule has 1 aliphatic rings. The van der Waals surface area contributed by atoms with Gasteiger partial charge in [0.25, 0.3) is 5.91 Å². The van der Waals surface area contributed by atoms with Crippen LogP contribution in [0.1, 0.15) is 35.4 Å². The van der Waals surface area contributed by atoms with Gasteiger partial charge < -0.3 is 19.2 Å². The Bertz CT molecular complexity index is 1020. The number of rotatable bonds is 4. The van der Waals surface area contributed by atoms with Crippen LogP contribution < -0.4 is 4.74 Å². The minimum atomic E-state index is -0.819. The maximum absolute atomic E-state index is 13.6. The second kappa shape index (κ2) is 7.87. The summed E-state index contributed by atoms with van der Waals surface area (Å²) in [6, 6.07) is 13.2. The van der Waals surface area contributed by atoms with E-state index in [4.69, 9.17) is 9.15 Å². The average molecular weight is 397 g/mol. The molecule has 29 heavy (non-hydrogen) atoms. The molecule has 0 spiro atoms. The van der Waals surface area contributed by atoms with Crippen LogP contribution >= 0.6 is 0 Å². The van der Waals surface area contributed by atoms with Crippen LogP contribution in [0.2, 0.25) is 0 Å². The van der Waals surface area contributed by atoms with E-state index in [2.05, 4.69) is 0 Å². The van der Waals surface area contributed by atoms with Gasteiger partial charge in [0, 0.05) is 18.0 Å². The molecule has 3 atom stereocenters. The molecule has 1 saturated carbocycles. The number of likely N-dealkylation sites (N-methyl/N-ethyl adjacent to an activating group) is 1. The Morgan fingerprint density at radius 3 is 2.72 bits per heavy atom. The van der Waals surface area contributed by atoms with E-state index in [1.165, 1.54) is 23.1 Å². The Balaban J connectivity index is 1.54. The lowest BCUT2D eigenvalue weighted by Crippen LogP contribution is -2.53. The molecule has 0 saturated heterocycles. The fourth-order valence-electron chi connectivity index (χ4n) is 4.05. The van der Waals surface area contributed by atoms with Crippen molar-refractivity contribution in [3.8, 4) is 5.75 Å². The van der Waals surface area contributed by atoms with E-state index in [1.807, 2.05) is 30.3 Å². The van der Waals surface area contributed by atoms with Crippen LogP contribution in [-0.4, -0.2) is 41.2 Å². The summed E-state index contributed by atoms with van der Waals surface area (Å²) in [5, 5.41) is 11.5. The molecule has 1 amide bonds. The Morgan fingerprint density at radius 1 is 1.21 bits per heavy atom. The number of carbonyl (C=O) groups excluding carboxylic acids is 1. The number of ether oxygens (including phenoxy) is 1. The lowest BCUT2D eigenvalue weighted by atomic mass is 9.88. The van der Waals surface area contributed by atoms with Gasteiger partial charge in [0.1, 0.15) is 29.4 Å². The number of aryl methyl sites for hydroxylation is 1. The quantitative estimate of drug-likeness (QED) is 0.712. The van der Waals surface area contributed by atoms with Crippen LogP contribution in [0.25, 0.3) is 11.0 Å². The Hall–Kier alpha value is -2.86. The van der Waals surface area contributed by atoms with Gasteiger partial charge in [0.2, 0.25) is 0 Å². The molecule has 1 fully saturated rings. The zero-order chi connectivity index (χ0) is 20.5. The van der Waals surface area contributed by atoms with Gasteiger partial charge in [-0.1, -0.05) is 18.2 Å². The number of aliphatic hydroxyl groups is 1. The first kappa shape index (κ1) is 19.5. The molecule has 1 aromatic heterocycles. The van der Waals surface area contributed by atoms with Gasteiger partial charge in [-0.05, 0) is 56.5 Å². The van der Waals surface area contributed by atoms with Gasteiger partial charge in [-0.2, -0.15) is 0 Å². The third-order valence-corrected chi connectivity index (χ3v) is 5.70. The predicted molar refractivity (Wildman–Crippen MR) is 108 cm³/mol. The van der Waals surface area contributed by atoms with Gasteiger partial charge in [-0.15, -0.1) is 0 Å². The van der Waals surface area contributed by atoms with Crippen LogP contribution in [0, 0.1) is 12.7 Å². The predicted octanol–water partition coefficient (Wildman–Crippen LogP) is 4.31.